The molecule has 1 amide bonds. The summed E-state index contributed by atoms with van der Waals surface area (Å²) in [6.45, 7) is 0.426. The number of thioether (sulfide) groups is 1. The molecule has 1 aromatic heterocycles. The first-order chi connectivity index (χ1) is 15.9. The third-order valence-electron chi connectivity index (χ3n) is 5.54. The third-order valence-corrected chi connectivity index (χ3v) is 6.53. The van der Waals surface area contributed by atoms with E-state index in [2.05, 4.69) is 20.6 Å². The Labute approximate surface area is 193 Å². The Bertz CT molecular complexity index is 1100. The van der Waals surface area contributed by atoms with Gasteiger partial charge in [-0.3, -0.25) is 4.79 Å². The van der Waals surface area contributed by atoms with Gasteiger partial charge in [0, 0.05) is 24.3 Å². The number of benzene rings is 2. The second-order valence-electron chi connectivity index (χ2n) is 7.68. The topological polar surface area (TPSA) is 95.0 Å². The number of halogens is 2. The van der Waals surface area contributed by atoms with Gasteiger partial charge in [0.05, 0.1) is 6.04 Å². The highest BCUT2D eigenvalue weighted by molar-refractivity contribution is 8.13. The summed E-state index contributed by atoms with van der Waals surface area (Å²) in [6, 6.07) is 14.7. The van der Waals surface area contributed by atoms with E-state index in [-0.39, 0.29) is 16.8 Å². The molecular formula is C23H23F2N5O2S. The van der Waals surface area contributed by atoms with Crippen molar-refractivity contribution < 1.29 is 18.7 Å². The largest absolute Gasteiger partial charge is 0.382 e. The van der Waals surface area contributed by atoms with E-state index in [4.69, 9.17) is 0 Å². The summed E-state index contributed by atoms with van der Waals surface area (Å²) < 4.78 is 29.1. The summed E-state index contributed by atoms with van der Waals surface area (Å²) in [5, 5.41) is 24.0. The van der Waals surface area contributed by atoms with E-state index in [1.54, 1.807) is 11.0 Å². The molecule has 0 radical (unpaired) electrons. The number of rotatable bonds is 9. The zero-order valence-corrected chi connectivity index (χ0v) is 18.5. The highest BCUT2D eigenvalue weighted by atomic mass is 32.2. The lowest BCUT2D eigenvalue weighted by atomic mass is 10.0. The van der Waals surface area contributed by atoms with Crippen molar-refractivity contribution in [2.45, 2.75) is 30.9 Å². The molecule has 2 unspecified atom stereocenters. The van der Waals surface area contributed by atoms with Crippen LogP contribution in [0.4, 0.5) is 13.6 Å². The predicted molar refractivity (Wildman–Crippen MR) is 121 cm³/mol. The maximum Gasteiger partial charge on any atom is 0.302 e. The molecule has 10 heteroatoms. The van der Waals surface area contributed by atoms with Crippen LogP contribution in [0.5, 0.6) is 0 Å². The molecule has 172 valence electrons. The average molecular weight is 472 g/mol. The van der Waals surface area contributed by atoms with Crippen LogP contribution in [0.25, 0.3) is 0 Å². The molecule has 1 saturated heterocycles. The van der Waals surface area contributed by atoms with E-state index < -0.39 is 12.0 Å². The lowest BCUT2D eigenvalue weighted by Gasteiger charge is -2.24. The highest BCUT2D eigenvalue weighted by Crippen LogP contribution is 2.33. The number of alkyl halides is 2. The summed E-state index contributed by atoms with van der Waals surface area (Å²) in [5.41, 5.74) is 1.82. The smallest absolute Gasteiger partial charge is 0.302 e. The molecule has 2 heterocycles. The van der Waals surface area contributed by atoms with Gasteiger partial charge in [-0.1, -0.05) is 83.7 Å². The summed E-state index contributed by atoms with van der Waals surface area (Å²) in [5.74, 6) is -2.40. The molecule has 33 heavy (non-hydrogen) atoms. The molecule has 3 aromatic rings. The van der Waals surface area contributed by atoms with Crippen LogP contribution in [0, 0.1) is 0 Å². The van der Waals surface area contributed by atoms with Gasteiger partial charge < -0.3 is 10.0 Å². The monoisotopic (exact) mass is 471 g/mol. The molecule has 0 aliphatic carbocycles. The van der Waals surface area contributed by atoms with E-state index in [1.807, 2.05) is 24.3 Å². The van der Waals surface area contributed by atoms with Gasteiger partial charge in [0.25, 0.3) is 5.24 Å². The number of aromatic nitrogens is 4. The number of nitrogens with zero attached hydrogens (tertiary/aromatic N) is 4. The number of nitrogens with one attached hydrogen (secondary N) is 1. The second kappa shape index (κ2) is 10.2. The number of hydrogen-bond donors (Lipinski definition) is 2. The first-order valence-electron chi connectivity index (χ1n) is 10.5. The van der Waals surface area contributed by atoms with E-state index in [9.17, 15) is 18.7 Å². The Morgan fingerprint density at radius 1 is 1.18 bits per heavy atom. The summed E-state index contributed by atoms with van der Waals surface area (Å²) in [7, 11) is 0. The second-order valence-corrected chi connectivity index (χ2v) is 8.65. The van der Waals surface area contributed by atoms with Crippen LogP contribution in [0.15, 0.2) is 66.7 Å². The van der Waals surface area contributed by atoms with Gasteiger partial charge in [-0.15, -0.1) is 10.2 Å². The van der Waals surface area contributed by atoms with Crippen LogP contribution in [0.3, 0.4) is 0 Å². The third kappa shape index (κ3) is 5.45. The van der Waals surface area contributed by atoms with Gasteiger partial charge in [-0.2, -0.15) is 14.0 Å². The summed E-state index contributed by atoms with van der Waals surface area (Å²) >= 11 is 1.15. The quantitative estimate of drug-likeness (QED) is 0.463. The van der Waals surface area contributed by atoms with E-state index >= 15 is 0 Å². The van der Waals surface area contributed by atoms with Crippen LogP contribution in [0.2, 0.25) is 0 Å². The van der Waals surface area contributed by atoms with Crippen molar-refractivity contribution in [3.63, 3.8) is 0 Å². The maximum atomic E-state index is 14.6. The summed E-state index contributed by atoms with van der Waals surface area (Å²) in [6.07, 6.45) is 1.71. The van der Waals surface area contributed by atoms with Gasteiger partial charge in [-0.25, -0.2) is 0 Å². The van der Waals surface area contributed by atoms with E-state index in [1.165, 1.54) is 30.3 Å². The van der Waals surface area contributed by atoms with Crippen molar-refractivity contribution >= 4 is 17.0 Å². The van der Waals surface area contributed by atoms with Crippen molar-refractivity contribution in [2.24, 2.45) is 0 Å². The fourth-order valence-electron chi connectivity index (χ4n) is 3.71. The van der Waals surface area contributed by atoms with E-state index in [0.717, 1.165) is 29.0 Å². The number of tetrazole rings is 1. The van der Waals surface area contributed by atoms with Crippen LogP contribution < -0.4 is 0 Å². The van der Waals surface area contributed by atoms with Gasteiger partial charge in [0.1, 0.15) is 6.10 Å². The van der Waals surface area contributed by atoms with Gasteiger partial charge >= 0.3 is 5.92 Å². The molecule has 2 N–H and O–H groups in total. The number of aromatic amines is 1. The number of aliphatic hydroxyl groups is 1. The van der Waals surface area contributed by atoms with Crippen molar-refractivity contribution in [3.05, 3.63) is 89.3 Å². The van der Waals surface area contributed by atoms with Crippen molar-refractivity contribution in [1.29, 1.82) is 0 Å². The minimum Gasteiger partial charge on any atom is -0.382 e. The summed E-state index contributed by atoms with van der Waals surface area (Å²) in [4.78, 5) is 14.1. The fourth-order valence-corrected chi connectivity index (χ4v) is 4.71. The SMILES string of the molecule is O=C1SCC(/C=C/C(O)C(F)(F)c2ccccc2)N1CCc1ccccc1Cc1nn[nH]n1. The number of amides is 1. The molecule has 4 rings (SSSR count). The first kappa shape index (κ1) is 23.1. The van der Waals surface area contributed by atoms with Crippen LogP contribution in [0.1, 0.15) is 22.5 Å². The Kier molecular flexibility index (Phi) is 7.14. The Balaban J connectivity index is 1.42. The molecule has 1 aliphatic rings. The molecule has 1 fully saturated rings. The molecule has 2 atom stereocenters. The zero-order chi connectivity index (χ0) is 23.3. The first-order valence-corrected chi connectivity index (χ1v) is 11.5. The van der Waals surface area contributed by atoms with E-state index in [0.29, 0.717) is 31.0 Å². The minimum atomic E-state index is -3.42. The van der Waals surface area contributed by atoms with Crippen LogP contribution in [-0.4, -0.2) is 60.3 Å². The van der Waals surface area contributed by atoms with Crippen molar-refractivity contribution in [1.82, 2.24) is 25.5 Å². The minimum absolute atomic E-state index is 0.107. The lowest BCUT2D eigenvalue weighted by molar-refractivity contribution is -0.0929. The highest BCUT2D eigenvalue weighted by Gasteiger charge is 2.39. The maximum absolute atomic E-state index is 14.6. The normalized spacial score (nSPS) is 17.7. The number of H-pyrrole nitrogens is 1. The van der Waals surface area contributed by atoms with Gasteiger partial charge in [-0.05, 0) is 17.5 Å². The Morgan fingerprint density at radius 3 is 2.64 bits per heavy atom. The fraction of sp³-hybridized carbons (Fsp3) is 0.304. The number of aliphatic hydroxyl groups excluding tert-OH is 1. The van der Waals surface area contributed by atoms with Gasteiger partial charge in [0.15, 0.2) is 5.82 Å². The molecule has 0 spiro atoms. The van der Waals surface area contributed by atoms with Crippen LogP contribution >= 0.6 is 11.8 Å². The number of carbonyl (C=O) groups is 1. The average Bonchev–Trinajstić information content (AvgIpc) is 3.47. The lowest BCUT2D eigenvalue weighted by Crippen LogP contribution is -2.35. The number of carbonyl (C=O) groups excluding carboxylic acids is 1. The molecular weight excluding hydrogens is 448 g/mol. The van der Waals surface area contributed by atoms with Crippen molar-refractivity contribution in [2.75, 3.05) is 12.3 Å². The number of hydrogen-bond acceptors (Lipinski definition) is 6. The zero-order valence-electron chi connectivity index (χ0n) is 17.6. The molecule has 0 bridgehead atoms. The molecule has 2 aromatic carbocycles. The predicted octanol–water partition coefficient (Wildman–Crippen LogP) is 3.58. The van der Waals surface area contributed by atoms with Crippen molar-refractivity contribution in [3.8, 4) is 0 Å². The molecule has 7 nitrogen and oxygen atoms in total. The molecule has 1 aliphatic heterocycles. The Morgan fingerprint density at radius 2 is 1.91 bits per heavy atom. The standard InChI is InChI=1S/C23H23F2N5O2S/c24-23(25,18-8-2-1-3-9-18)20(31)11-10-19-15-33-22(32)30(19)13-12-16-6-4-5-7-17(16)14-21-26-28-29-27-21/h1-11,19-20,31H,12-15H2,(H,26,27,28,29)/b11-10+. The van der Waals surface area contributed by atoms with Crippen LogP contribution in [-0.2, 0) is 18.8 Å². The Hall–Kier alpha value is -3.11. The molecule has 0 saturated carbocycles. The van der Waals surface area contributed by atoms with Gasteiger partial charge in [0.2, 0.25) is 0 Å².